The quantitative estimate of drug-likeness (QED) is 0.335. The van der Waals surface area contributed by atoms with Crippen molar-refractivity contribution >= 4 is 33.4 Å². The summed E-state index contributed by atoms with van der Waals surface area (Å²) < 4.78 is 44.6. The minimum Gasteiger partial charge on any atom is -0.494 e. The Bertz CT molecular complexity index is 1100. The van der Waals surface area contributed by atoms with Crippen molar-refractivity contribution in [2.24, 2.45) is 0 Å². The summed E-state index contributed by atoms with van der Waals surface area (Å²) in [7, 11) is -1.16. The number of sulfonamides is 1. The lowest BCUT2D eigenvalue weighted by atomic mass is 10.0. The maximum absolute atomic E-state index is 13.7. The topological polar surface area (TPSA) is 94.2 Å². The molecule has 0 aromatic heterocycles. The third-order valence-corrected chi connectivity index (χ3v) is 9.45. The Morgan fingerprint density at radius 3 is 2.38 bits per heavy atom. The van der Waals surface area contributed by atoms with Gasteiger partial charge in [-0.15, -0.1) is 0 Å². The molecule has 2 aromatic carbocycles. The molecule has 0 aliphatic heterocycles. The molecule has 2 aromatic rings. The van der Waals surface area contributed by atoms with Gasteiger partial charge in [0, 0.05) is 17.9 Å². The average Bonchev–Trinajstić information content (AvgIpc) is 2.92. The smallest absolute Gasteiger partial charge is 0.264 e. The molecule has 204 valence electrons. The first kappa shape index (κ1) is 29.0. The lowest BCUT2D eigenvalue weighted by molar-refractivity contribution is -0.119. The van der Waals surface area contributed by atoms with Crippen molar-refractivity contribution in [3.63, 3.8) is 0 Å². The van der Waals surface area contributed by atoms with Crippen LogP contribution in [0.1, 0.15) is 45.4 Å². The second-order valence-corrected chi connectivity index (χ2v) is 12.1. The molecule has 0 bridgehead atoms. The Balaban J connectivity index is 1.72. The molecule has 10 heteroatoms. The summed E-state index contributed by atoms with van der Waals surface area (Å²) in [6, 6.07) is 11.0. The average molecular weight is 551 g/mol. The molecule has 1 amide bonds. The number of hydrogen-bond donors (Lipinski definition) is 1. The zero-order valence-corrected chi connectivity index (χ0v) is 23.5. The maximum atomic E-state index is 13.7. The normalized spacial score (nSPS) is 14.1. The van der Waals surface area contributed by atoms with Crippen LogP contribution >= 0.6 is 11.8 Å². The van der Waals surface area contributed by atoms with Crippen molar-refractivity contribution in [3.8, 4) is 17.2 Å². The summed E-state index contributed by atoms with van der Waals surface area (Å²) in [4.78, 5) is 12.9. The minimum absolute atomic E-state index is 0.00397. The summed E-state index contributed by atoms with van der Waals surface area (Å²) in [5, 5.41) is 3.62. The maximum Gasteiger partial charge on any atom is 0.264 e. The van der Waals surface area contributed by atoms with Gasteiger partial charge in [-0.25, -0.2) is 8.42 Å². The molecule has 8 nitrogen and oxygen atoms in total. The Labute approximate surface area is 225 Å². The lowest BCUT2D eigenvalue weighted by Crippen LogP contribution is -2.41. The van der Waals surface area contributed by atoms with Gasteiger partial charge >= 0.3 is 0 Å². The third-order valence-electron chi connectivity index (χ3n) is 6.21. The zero-order valence-electron chi connectivity index (χ0n) is 21.9. The van der Waals surface area contributed by atoms with Gasteiger partial charge in [-0.05, 0) is 68.3 Å². The number of anilines is 1. The standard InChI is InChI=1S/C27H38N2O6S2/c1-4-35-22-13-11-21(12-14-22)29(37(31,32)24-15-16-25(33-2)26(19-24)34-3)20-27(30)28-17-8-18-36-23-9-6-5-7-10-23/h11-16,19,23H,4-10,17-18,20H2,1-3H3,(H,28,30). The van der Waals surface area contributed by atoms with Crippen LogP contribution < -0.4 is 23.8 Å². The minimum atomic E-state index is -4.09. The fourth-order valence-electron chi connectivity index (χ4n) is 4.26. The predicted octanol–water partition coefficient (Wildman–Crippen LogP) is 4.87. The van der Waals surface area contributed by atoms with Gasteiger partial charge in [0.1, 0.15) is 12.3 Å². The molecule has 1 aliphatic rings. The summed E-state index contributed by atoms with van der Waals surface area (Å²) in [6.45, 7) is 2.53. The molecule has 1 N–H and O–H groups in total. The van der Waals surface area contributed by atoms with E-state index in [-0.39, 0.29) is 23.1 Å². The highest BCUT2D eigenvalue weighted by molar-refractivity contribution is 7.99. The lowest BCUT2D eigenvalue weighted by Gasteiger charge is -2.25. The van der Waals surface area contributed by atoms with Crippen molar-refractivity contribution in [2.75, 3.05) is 44.0 Å². The number of carbonyl (C=O) groups excluding carboxylic acids is 1. The van der Waals surface area contributed by atoms with Gasteiger partial charge in [-0.1, -0.05) is 19.3 Å². The Morgan fingerprint density at radius 1 is 1.03 bits per heavy atom. The molecule has 37 heavy (non-hydrogen) atoms. The van der Waals surface area contributed by atoms with E-state index in [9.17, 15) is 13.2 Å². The molecular weight excluding hydrogens is 512 g/mol. The van der Waals surface area contributed by atoms with Crippen molar-refractivity contribution in [3.05, 3.63) is 42.5 Å². The van der Waals surface area contributed by atoms with Gasteiger partial charge in [-0.3, -0.25) is 9.10 Å². The van der Waals surface area contributed by atoms with E-state index in [0.29, 0.717) is 30.3 Å². The second-order valence-electron chi connectivity index (χ2n) is 8.79. The van der Waals surface area contributed by atoms with Crippen LogP contribution in [0.15, 0.2) is 47.4 Å². The molecular formula is C27H38N2O6S2. The van der Waals surface area contributed by atoms with E-state index in [1.54, 1.807) is 24.3 Å². The van der Waals surface area contributed by atoms with E-state index in [4.69, 9.17) is 14.2 Å². The molecule has 0 saturated heterocycles. The summed E-state index contributed by atoms with van der Waals surface area (Å²) >= 11 is 1.98. The second kappa shape index (κ2) is 14.4. The van der Waals surface area contributed by atoms with E-state index in [1.165, 1.54) is 64.5 Å². The van der Waals surface area contributed by atoms with Crippen molar-refractivity contribution in [1.29, 1.82) is 0 Å². The van der Waals surface area contributed by atoms with Crippen LogP contribution in [0, 0.1) is 0 Å². The van der Waals surface area contributed by atoms with Crippen LogP contribution in [0.2, 0.25) is 0 Å². The summed E-state index contributed by atoms with van der Waals surface area (Å²) in [6.07, 6.45) is 7.36. The van der Waals surface area contributed by atoms with Gasteiger partial charge in [0.2, 0.25) is 5.91 Å². The zero-order chi connectivity index (χ0) is 26.7. The van der Waals surface area contributed by atoms with Gasteiger partial charge in [0.05, 0.1) is 31.4 Å². The molecule has 1 fully saturated rings. The van der Waals surface area contributed by atoms with E-state index < -0.39 is 10.0 Å². The van der Waals surface area contributed by atoms with Gasteiger partial charge in [0.15, 0.2) is 11.5 Å². The number of rotatable bonds is 14. The molecule has 0 unspecified atom stereocenters. The van der Waals surface area contributed by atoms with Crippen LogP contribution in [0.25, 0.3) is 0 Å². The molecule has 1 saturated carbocycles. The number of ether oxygens (including phenoxy) is 3. The number of methoxy groups -OCH3 is 2. The van der Waals surface area contributed by atoms with E-state index in [0.717, 1.165) is 21.7 Å². The third kappa shape index (κ3) is 8.20. The number of benzene rings is 2. The van der Waals surface area contributed by atoms with Crippen molar-refractivity contribution < 1.29 is 27.4 Å². The van der Waals surface area contributed by atoms with Gasteiger partial charge in [0.25, 0.3) is 10.0 Å². The number of hydrogen-bond acceptors (Lipinski definition) is 7. The number of amides is 1. The first-order valence-corrected chi connectivity index (χ1v) is 15.2. The fourth-order valence-corrected chi connectivity index (χ4v) is 7.01. The SMILES string of the molecule is CCOc1ccc(N(CC(=O)NCCCSC2CCCCC2)S(=O)(=O)c2ccc(OC)c(OC)c2)cc1. The van der Waals surface area contributed by atoms with E-state index in [1.807, 2.05) is 18.7 Å². The number of nitrogens with one attached hydrogen (secondary N) is 1. The fraction of sp³-hybridized carbons (Fsp3) is 0.519. The highest BCUT2D eigenvalue weighted by atomic mass is 32.2. The first-order valence-electron chi connectivity index (χ1n) is 12.7. The molecule has 0 heterocycles. The van der Waals surface area contributed by atoms with Gasteiger partial charge < -0.3 is 19.5 Å². The van der Waals surface area contributed by atoms with Crippen LogP contribution in [0.5, 0.6) is 17.2 Å². The monoisotopic (exact) mass is 550 g/mol. The van der Waals surface area contributed by atoms with Crippen LogP contribution in [0.4, 0.5) is 5.69 Å². The number of nitrogens with zero attached hydrogens (tertiary/aromatic N) is 1. The predicted molar refractivity (Wildman–Crippen MR) is 149 cm³/mol. The Morgan fingerprint density at radius 2 is 1.73 bits per heavy atom. The van der Waals surface area contributed by atoms with Crippen molar-refractivity contribution in [1.82, 2.24) is 5.32 Å². The van der Waals surface area contributed by atoms with E-state index in [2.05, 4.69) is 5.32 Å². The molecule has 0 spiro atoms. The molecule has 3 rings (SSSR count). The first-order chi connectivity index (χ1) is 17.9. The molecule has 1 aliphatic carbocycles. The Kier molecular flexibility index (Phi) is 11.3. The summed E-state index contributed by atoms with van der Waals surface area (Å²) in [5.74, 6) is 1.94. The number of thioether (sulfide) groups is 1. The van der Waals surface area contributed by atoms with Crippen LogP contribution in [0.3, 0.4) is 0 Å². The number of carbonyl (C=O) groups is 1. The highest BCUT2D eigenvalue weighted by Gasteiger charge is 2.28. The highest BCUT2D eigenvalue weighted by Crippen LogP contribution is 2.33. The molecule has 0 atom stereocenters. The van der Waals surface area contributed by atoms with Crippen LogP contribution in [-0.2, 0) is 14.8 Å². The van der Waals surface area contributed by atoms with Crippen molar-refractivity contribution in [2.45, 2.75) is 55.6 Å². The Hall–Kier alpha value is -2.59. The summed E-state index contributed by atoms with van der Waals surface area (Å²) in [5.41, 5.74) is 0.362. The van der Waals surface area contributed by atoms with Crippen LogP contribution in [-0.4, -0.2) is 59.2 Å². The van der Waals surface area contributed by atoms with Gasteiger partial charge in [-0.2, -0.15) is 11.8 Å². The molecule has 0 radical (unpaired) electrons. The largest absolute Gasteiger partial charge is 0.494 e. The van der Waals surface area contributed by atoms with E-state index >= 15 is 0 Å².